The molecule has 0 N–H and O–H groups in total. The van der Waals surface area contributed by atoms with Gasteiger partial charge in [-0.15, -0.1) is 0 Å². The molecular weight excluding hydrogens is 488 g/mol. The van der Waals surface area contributed by atoms with Crippen molar-refractivity contribution in [3.63, 3.8) is 0 Å². The summed E-state index contributed by atoms with van der Waals surface area (Å²) in [6.07, 6.45) is 2.65. The highest BCUT2D eigenvalue weighted by Gasteiger charge is 2.18. The van der Waals surface area contributed by atoms with Crippen molar-refractivity contribution in [1.82, 2.24) is 14.2 Å². The molecule has 0 aliphatic carbocycles. The first-order valence-corrected chi connectivity index (χ1v) is 12.9. The highest BCUT2D eigenvalue weighted by atomic mass is 16.5. The van der Waals surface area contributed by atoms with Gasteiger partial charge in [0.25, 0.3) is 5.56 Å². The van der Waals surface area contributed by atoms with Gasteiger partial charge in [-0.2, -0.15) is 9.78 Å². The molecule has 0 fully saturated rings. The third-order valence-electron chi connectivity index (χ3n) is 7.11. The Morgan fingerprint density at radius 2 is 1.77 bits per heavy atom. The summed E-state index contributed by atoms with van der Waals surface area (Å²) < 4.78 is 15.2. The molecule has 0 aliphatic rings. The van der Waals surface area contributed by atoms with Crippen molar-refractivity contribution in [3.8, 4) is 23.0 Å². The van der Waals surface area contributed by atoms with Gasteiger partial charge in [-0.1, -0.05) is 43.3 Å². The zero-order chi connectivity index (χ0) is 27.1. The highest BCUT2D eigenvalue weighted by molar-refractivity contribution is 5.89. The molecule has 3 aromatic heterocycles. The van der Waals surface area contributed by atoms with Gasteiger partial charge >= 0.3 is 0 Å². The number of para-hydroxylation sites is 2. The highest BCUT2D eigenvalue weighted by Crippen LogP contribution is 2.33. The van der Waals surface area contributed by atoms with Crippen LogP contribution < -0.4 is 10.3 Å². The summed E-state index contributed by atoms with van der Waals surface area (Å²) in [7, 11) is 1.62. The van der Waals surface area contributed by atoms with Crippen LogP contribution in [0.1, 0.15) is 29.4 Å². The number of rotatable bonds is 6. The average Bonchev–Trinajstić information content (AvgIpc) is 3.52. The Hall–Kier alpha value is -4.91. The number of fused-ring (bicyclic) bond motifs is 2. The van der Waals surface area contributed by atoms with E-state index in [-0.39, 0.29) is 5.56 Å². The van der Waals surface area contributed by atoms with Crippen molar-refractivity contribution in [1.29, 1.82) is 0 Å². The third kappa shape index (κ3) is 4.12. The molecule has 6 rings (SSSR count). The van der Waals surface area contributed by atoms with Gasteiger partial charge in [0.1, 0.15) is 11.3 Å². The summed E-state index contributed by atoms with van der Waals surface area (Å²) >= 11 is 0. The standard InChI is InChI=1S/C32H28N4O3/c1-5-22-11-6-9-14-27(22)35-20(2)17-23(21(35)3)19-33-36-31(34-26-13-8-7-12-24(26)32(36)37)30-18-25-28(38-4)15-10-16-29(25)39-30/h6-19H,5H2,1-4H3. The second-order valence-corrected chi connectivity index (χ2v) is 9.44. The number of aryl methyl sites for hydroxylation is 2. The lowest BCUT2D eigenvalue weighted by molar-refractivity contribution is 0.419. The first-order valence-electron chi connectivity index (χ1n) is 12.9. The Labute approximate surface area is 225 Å². The van der Waals surface area contributed by atoms with E-state index in [9.17, 15) is 4.79 Å². The number of aromatic nitrogens is 3. The van der Waals surface area contributed by atoms with Crippen LogP contribution in [0.25, 0.3) is 39.1 Å². The molecule has 0 bridgehead atoms. The third-order valence-corrected chi connectivity index (χ3v) is 7.11. The molecule has 0 saturated heterocycles. The first-order chi connectivity index (χ1) is 19.0. The fourth-order valence-corrected chi connectivity index (χ4v) is 5.15. The Morgan fingerprint density at radius 3 is 2.59 bits per heavy atom. The quantitative estimate of drug-likeness (QED) is 0.232. The van der Waals surface area contributed by atoms with Crippen molar-refractivity contribution >= 4 is 28.1 Å². The largest absolute Gasteiger partial charge is 0.496 e. The molecule has 0 aliphatic heterocycles. The monoisotopic (exact) mass is 516 g/mol. The van der Waals surface area contributed by atoms with Crippen LogP contribution in [0.15, 0.2) is 93.2 Å². The van der Waals surface area contributed by atoms with Gasteiger partial charge in [0.2, 0.25) is 5.82 Å². The molecule has 3 aromatic carbocycles. The molecule has 0 spiro atoms. The lowest BCUT2D eigenvalue weighted by Gasteiger charge is -2.13. The SMILES string of the molecule is CCc1ccccc1-n1c(C)cc(C=Nn2c(-c3cc4c(OC)cccc4o3)nc3ccccc3c2=O)c1C. The molecule has 3 heterocycles. The van der Waals surface area contributed by atoms with Crippen LogP contribution >= 0.6 is 0 Å². The van der Waals surface area contributed by atoms with Crippen LogP contribution in [0.2, 0.25) is 0 Å². The van der Waals surface area contributed by atoms with Gasteiger partial charge in [-0.3, -0.25) is 4.79 Å². The van der Waals surface area contributed by atoms with Crippen molar-refractivity contribution in [2.45, 2.75) is 27.2 Å². The Morgan fingerprint density at radius 1 is 0.974 bits per heavy atom. The number of furan rings is 1. The van der Waals surface area contributed by atoms with E-state index < -0.39 is 0 Å². The van der Waals surface area contributed by atoms with E-state index in [0.717, 1.165) is 34.4 Å². The summed E-state index contributed by atoms with van der Waals surface area (Å²) in [5, 5.41) is 5.96. The summed E-state index contributed by atoms with van der Waals surface area (Å²) in [5.74, 6) is 1.43. The maximum absolute atomic E-state index is 13.7. The maximum atomic E-state index is 13.7. The molecule has 0 saturated carbocycles. The molecule has 0 atom stereocenters. The number of ether oxygens (including phenoxy) is 1. The topological polar surface area (TPSA) is 74.6 Å². The molecule has 0 radical (unpaired) electrons. The van der Waals surface area contributed by atoms with Crippen LogP contribution in [-0.2, 0) is 6.42 Å². The number of benzene rings is 3. The molecular formula is C32H28N4O3. The van der Waals surface area contributed by atoms with E-state index >= 15 is 0 Å². The molecule has 7 nitrogen and oxygen atoms in total. The number of methoxy groups -OCH3 is 1. The van der Waals surface area contributed by atoms with Gasteiger partial charge < -0.3 is 13.7 Å². The van der Waals surface area contributed by atoms with Crippen molar-refractivity contribution in [2.75, 3.05) is 7.11 Å². The normalized spacial score (nSPS) is 11.7. The van der Waals surface area contributed by atoms with E-state index in [1.807, 2.05) is 42.5 Å². The predicted molar refractivity (Wildman–Crippen MR) is 155 cm³/mol. The minimum Gasteiger partial charge on any atom is -0.496 e. The lowest BCUT2D eigenvalue weighted by atomic mass is 10.1. The summed E-state index contributed by atoms with van der Waals surface area (Å²) in [6.45, 7) is 6.30. The molecule has 7 heteroatoms. The average molecular weight is 517 g/mol. The molecule has 0 amide bonds. The summed E-state index contributed by atoms with van der Waals surface area (Å²) in [4.78, 5) is 18.5. The summed E-state index contributed by atoms with van der Waals surface area (Å²) in [5.41, 5.74) is 6.39. The van der Waals surface area contributed by atoms with Crippen molar-refractivity contribution < 1.29 is 9.15 Å². The Kier molecular flexibility index (Phi) is 6.11. The minimum absolute atomic E-state index is 0.274. The van der Waals surface area contributed by atoms with E-state index in [1.54, 1.807) is 19.4 Å². The second-order valence-electron chi connectivity index (χ2n) is 9.44. The minimum atomic E-state index is -0.274. The zero-order valence-electron chi connectivity index (χ0n) is 22.3. The first kappa shape index (κ1) is 24.4. The van der Waals surface area contributed by atoms with Crippen molar-refractivity contribution in [2.24, 2.45) is 5.10 Å². The second kappa shape index (κ2) is 9.76. The Bertz CT molecular complexity index is 1940. The predicted octanol–water partition coefficient (Wildman–Crippen LogP) is 6.67. The van der Waals surface area contributed by atoms with Crippen LogP contribution in [0, 0.1) is 13.8 Å². The van der Waals surface area contributed by atoms with Gasteiger partial charge in [0, 0.05) is 22.6 Å². The summed E-state index contributed by atoms with van der Waals surface area (Å²) in [6, 6.07) is 25.2. The maximum Gasteiger partial charge on any atom is 0.282 e. The van der Waals surface area contributed by atoms with Crippen LogP contribution in [0.3, 0.4) is 0 Å². The van der Waals surface area contributed by atoms with Gasteiger partial charge in [-0.25, -0.2) is 4.98 Å². The van der Waals surface area contributed by atoms with Crippen LogP contribution in [-0.4, -0.2) is 27.6 Å². The lowest BCUT2D eigenvalue weighted by Crippen LogP contribution is -2.20. The smallest absolute Gasteiger partial charge is 0.282 e. The molecule has 6 aromatic rings. The fourth-order valence-electron chi connectivity index (χ4n) is 5.15. The van der Waals surface area contributed by atoms with E-state index in [2.05, 4.69) is 60.8 Å². The van der Waals surface area contributed by atoms with E-state index in [0.29, 0.717) is 33.8 Å². The van der Waals surface area contributed by atoms with Crippen LogP contribution in [0.5, 0.6) is 5.75 Å². The fraction of sp³-hybridized carbons (Fsp3) is 0.156. The van der Waals surface area contributed by atoms with Crippen LogP contribution in [0.4, 0.5) is 0 Å². The number of hydrogen-bond donors (Lipinski definition) is 0. The molecule has 39 heavy (non-hydrogen) atoms. The van der Waals surface area contributed by atoms with E-state index in [1.165, 1.54) is 10.2 Å². The molecule has 0 unspecified atom stereocenters. The van der Waals surface area contributed by atoms with Gasteiger partial charge in [-0.05, 0) is 68.3 Å². The number of nitrogens with zero attached hydrogens (tertiary/aromatic N) is 4. The van der Waals surface area contributed by atoms with Gasteiger partial charge in [0.05, 0.1) is 29.6 Å². The Balaban J connectivity index is 1.52. The number of hydrogen-bond acceptors (Lipinski definition) is 5. The zero-order valence-corrected chi connectivity index (χ0v) is 22.3. The van der Waals surface area contributed by atoms with Gasteiger partial charge in [0.15, 0.2) is 5.76 Å². The molecule has 194 valence electrons. The van der Waals surface area contributed by atoms with E-state index in [4.69, 9.17) is 14.1 Å². The van der Waals surface area contributed by atoms with Crippen molar-refractivity contribution in [3.05, 3.63) is 112 Å².